The fraction of sp³-hybridized carbons (Fsp3) is 0.143. The number of aryl methyl sites for hydroxylation is 2. The van der Waals surface area contributed by atoms with Gasteiger partial charge in [0.1, 0.15) is 6.10 Å². The van der Waals surface area contributed by atoms with E-state index < -0.39 is 6.10 Å². The van der Waals surface area contributed by atoms with Gasteiger partial charge in [-0.2, -0.15) is 0 Å². The van der Waals surface area contributed by atoms with Crippen LogP contribution in [-0.2, 0) is 7.05 Å². The maximum atomic E-state index is 12.4. The number of nitrogens with zero attached hydrogens (tertiary/aromatic N) is 2. The second-order valence-electron chi connectivity index (χ2n) is 6.52. The zero-order chi connectivity index (χ0) is 19.1. The Morgan fingerprint density at radius 1 is 1.19 bits per heavy atom. The molecule has 1 atom stereocenters. The van der Waals surface area contributed by atoms with E-state index in [9.17, 15) is 9.90 Å². The summed E-state index contributed by atoms with van der Waals surface area (Å²) in [5.41, 5.74) is 3.90. The summed E-state index contributed by atoms with van der Waals surface area (Å²) >= 11 is 7.53. The highest BCUT2D eigenvalue weighted by atomic mass is 35.5. The lowest BCUT2D eigenvalue weighted by Gasteiger charge is -2.14. The lowest BCUT2D eigenvalue weighted by atomic mass is 10.0. The molecule has 4 rings (SSSR count). The molecular formula is C21H17ClN2O2S. The summed E-state index contributed by atoms with van der Waals surface area (Å²) in [6, 6.07) is 12.6. The highest BCUT2D eigenvalue weighted by Gasteiger charge is 2.16. The topological polar surface area (TPSA) is 55.1 Å². The van der Waals surface area contributed by atoms with Crippen LogP contribution >= 0.6 is 22.9 Å². The monoisotopic (exact) mass is 396 g/mol. The van der Waals surface area contributed by atoms with Crippen molar-refractivity contribution >= 4 is 33.8 Å². The predicted molar refractivity (Wildman–Crippen MR) is 111 cm³/mol. The number of halogens is 1. The summed E-state index contributed by atoms with van der Waals surface area (Å²) < 4.78 is 1.57. The summed E-state index contributed by atoms with van der Waals surface area (Å²) in [6.07, 6.45) is 0.775. The molecule has 4 aromatic rings. The molecule has 0 radical (unpaired) electrons. The maximum absolute atomic E-state index is 12.4. The number of rotatable bonds is 3. The summed E-state index contributed by atoms with van der Waals surface area (Å²) in [5, 5.41) is 14.3. The third kappa shape index (κ3) is 3.30. The van der Waals surface area contributed by atoms with Gasteiger partial charge in [0.15, 0.2) is 0 Å². The van der Waals surface area contributed by atoms with Gasteiger partial charge in [0.25, 0.3) is 5.56 Å². The minimum atomic E-state index is -0.873. The van der Waals surface area contributed by atoms with E-state index in [2.05, 4.69) is 16.4 Å². The highest BCUT2D eigenvalue weighted by molar-refractivity contribution is 7.13. The molecule has 0 spiro atoms. The molecule has 0 amide bonds. The Hall–Kier alpha value is -2.47. The smallest absolute Gasteiger partial charge is 0.251 e. The van der Waals surface area contributed by atoms with Crippen molar-refractivity contribution in [3.63, 3.8) is 0 Å². The van der Waals surface area contributed by atoms with Crippen LogP contribution in [0.1, 0.15) is 22.9 Å². The Labute approximate surface area is 165 Å². The lowest BCUT2D eigenvalue weighted by Crippen LogP contribution is -2.17. The normalized spacial score (nSPS) is 12.4. The predicted octanol–water partition coefficient (Wildman–Crippen LogP) is 4.71. The molecule has 4 nitrogen and oxygen atoms in total. The van der Waals surface area contributed by atoms with Gasteiger partial charge in [0, 0.05) is 34.0 Å². The number of aromatic nitrogens is 2. The molecule has 0 aliphatic rings. The third-order valence-corrected chi connectivity index (χ3v) is 5.95. The number of aliphatic hydroxyl groups excluding tert-OH is 1. The molecule has 0 fully saturated rings. The minimum Gasteiger partial charge on any atom is -0.382 e. The highest BCUT2D eigenvalue weighted by Crippen LogP contribution is 2.33. The van der Waals surface area contributed by atoms with Crippen LogP contribution in [0, 0.1) is 6.92 Å². The van der Waals surface area contributed by atoms with E-state index >= 15 is 0 Å². The van der Waals surface area contributed by atoms with E-state index in [4.69, 9.17) is 11.6 Å². The molecule has 1 N–H and O–H groups in total. The number of benzene rings is 1. The average molecular weight is 397 g/mol. The number of hydrogen-bond donors (Lipinski definition) is 1. The van der Waals surface area contributed by atoms with Crippen molar-refractivity contribution in [1.82, 2.24) is 9.55 Å². The van der Waals surface area contributed by atoms with Gasteiger partial charge in [-0.05, 0) is 47.7 Å². The van der Waals surface area contributed by atoms with Gasteiger partial charge >= 0.3 is 0 Å². The maximum Gasteiger partial charge on any atom is 0.251 e. The summed E-state index contributed by atoms with van der Waals surface area (Å²) in [5.74, 6) is 0. The van der Waals surface area contributed by atoms with Crippen LogP contribution in [0.2, 0.25) is 5.02 Å². The van der Waals surface area contributed by atoms with Gasteiger partial charge in [-0.1, -0.05) is 23.7 Å². The van der Waals surface area contributed by atoms with Crippen LogP contribution in [0.15, 0.2) is 58.8 Å². The average Bonchev–Trinajstić information content (AvgIpc) is 3.10. The second-order valence-corrected chi connectivity index (χ2v) is 7.87. The van der Waals surface area contributed by atoms with E-state index in [1.807, 2.05) is 13.0 Å². The quantitative estimate of drug-likeness (QED) is 0.545. The first-order chi connectivity index (χ1) is 12.9. The number of hydrogen-bond acceptors (Lipinski definition) is 4. The van der Waals surface area contributed by atoms with Crippen LogP contribution in [0.3, 0.4) is 0 Å². The van der Waals surface area contributed by atoms with Crippen LogP contribution < -0.4 is 5.56 Å². The van der Waals surface area contributed by atoms with E-state index in [1.165, 1.54) is 0 Å². The first kappa shape index (κ1) is 17.9. The van der Waals surface area contributed by atoms with Gasteiger partial charge in [-0.3, -0.25) is 9.78 Å². The Morgan fingerprint density at radius 2 is 1.93 bits per heavy atom. The van der Waals surface area contributed by atoms with Crippen molar-refractivity contribution in [2.45, 2.75) is 13.0 Å². The fourth-order valence-corrected chi connectivity index (χ4v) is 4.16. The zero-order valence-corrected chi connectivity index (χ0v) is 16.4. The molecule has 3 aromatic heterocycles. The van der Waals surface area contributed by atoms with Crippen molar-refractivity contribution in [3.8, 4) is 10.4 Å². The Kier molecular flexibility index (Phi) is 4.60. The SMILES string of the molecule is Cc1csc(-c2cc(=O)n(C)c3cnc(C(O)c4ccc(Cl)cc4)cc23)c1. The molecule has 0 bridgehead atoms. The zero-order valence-electron chi connectivity index (χ0n) is 14.8. The van der Waals surface area contributed by atoms with Crippen LogP contribution in [0.4, 0.5) is 0 Å². The van der Waals surface area contributed by atoms with Gasteiger partial charge < -0.3 is 9.67 Å². The lowest BCUT2D eigenvalue weighted by molar-refractivity contribution is 0.215. The molecule has 0 aliphatic carbocycles. The molecule has 1 unspecified atom stereocenters. The Bertz CT molecular complexity index is 1200. The van der Waals surface area contributed by atoms with Crippen LogP contribution in [-0.4, -0.2) is 14.7 Å². The molecular weight excluding hydrogens is 380 g/mol. The first-order valence-electron chi connectivity index (χ1n) is 8.43. The summed E-state index contributed by atoms with van der Waals surface area (Å²) in [6.45, 7) is 2.03. The molecule has 27 heavy (non-hydrogen) atoms. The second kappa shape index (κ2) is 6.93. The molecule has 136 valence electrons. The van der Waals surface area contributed by atoms with Crippen LogP contribution in [0.5, 0.6) is 0 Å². The van der Waals surface area contributed by atoms with Gasteiger partial charge in [0.2, 0.25) is 0 Å². The fourth-order valence-electron chi connectivity index (χ4n) is 3.11. The molecule has 0 saturated heterocycles. The van der Waals surface area contributed by atoms with Crippen LogP contribution in [0.25, 0.3) is 21.3 Å². The standard InChI is InChI=1S/C21H17ClN2O2S/c1-12-7-19(27-11-12)16-9-20(25)24(2)18-10-23-17(8-15(16)18)21(26)13-3-5-14(22)6-4-13/h3-11,21,26H,1-2H3. The van der Waals surface area contributed by atoms with E-state index in [0.29, 0.717) is 16.3 Å². The van der Waals surface area contributed by atoms with Crippen molar-refractivity contribution in [2.75, 3.05) is 0 Å². The van der Waals surface area contributed by atoms with Gasteiger partial charge in [-0.15, -0.1) is 11.3 Å². The van der Waals surface area contributed by atoms with Gasteiger partial charge in [0.05, 0.1) is 17.4 Å². The largest absolute Gasteiger partial charge is 0.382 e. The minimum absolute atomic E-state index is 0.0867. The summed E-state index contributed by atoms with van der Waals surface area (Å²) in [7, 11) is 1.73. The molecule has 0 saturated carbocycles. The number of thiophene rings is 1. The van der Waals surface area contributed by atoms with E-state index in [0.717, 1.165) is 26.9 Å². The number of pyridine rings is 2. The first-order valence-corrected chi connectivity index (χ1v) is 9.68. The number of fused-ring (bicyclic) bond motifs is 1. The third-order valence-electron chi connectivity index (χ3n) is 4.62. The van der Waals surface area contributed by atoms with Crippen molar-refractivity contribution < 1.29 is 5.11 Å². The van der Waals surface area contributed by atoms with Crippen molar-refractivity contribution in [2.24, 2.45) is 7.05 Å². The Balaban J connectivity index is 1.91. The van der Waals surface area contributed by atoms with Crippen molar-refractivity contribution in [3.05, 3.63) is 86.2 Å². The van der Waals surface area contributed by atoms with E-state index in [1.54, 1.807) is 59.5 Å². The molecule has 6 heteroatoms. The molecule has 3 heterocycles. The van der Waals surface area contributed by atoms with Crippen molar-refractivity contribution in [1.29, 1.82) is 0 Å². The summed E-state index contributed by atoms with van der Waals surface area (Å²) in [4.78, 5) is 17.8. The Morgan fingerprint density at radius 3 is 2.59 bits per heavy atom. The van der Waals surface area contributed by atoms with Gasteiger partial charge in [-0.25, -0.2) is 0 Å². The number of aliphatic hydroxyl groups is 1. The van der Waals surface area contributed by atoms with E-state index in [-0.39, 0.29) is 5.56 Å². The molecule has 0 aliphatic heterocycles. The molecule has 1 aromatic carbocycles.